The predicted octanol–water partition coefficient (Wildman–Crippen LogP) is 0.696. The van der Waals surface area contributed by atoms with Gasteiger partial charge in [-0.1, -0.05) is 6.92 Å². The molecule has 0 aliphatic heterocycles. The molecule has 1 atom stereocenters. The van der Waals surface area contributed by atoms with Gasteiger partial charge >= 0.3 is 0 Å². The Morgan fingerprint density at radius 2 is 2.19 bits per heavy atom. The van der Waals surface area contributed by atoms with E-state index in [1.165, 1.54) is 0 Å². The summed E-state index contributed by atoms with van der Waals surface area (Å²) in [5, 5.41) is 12.7. The zero-order valence-electron chi connectivity index (χ0n) is 12.6. The maximum atomic E-state index is 9.50. The molecule has 1 unspecified atom stereocenters. The third-order valence-electron chi connectivity index (χ3n) is 2.76. The van der Waals surface area contributed by atoms with E-state index in [1.54, 1.807) is 35.1 Å². The fourth-order valence-corrected chi connectivity index (χ4v) is 1.81. The van der Waals surface area contributed by atoms with Crippen molar-refractivity contribution in [3.63, 3.8) is 0 Å². The summed E-state index contributed by atoms with van der Waals surface area (Å²) in [6.45, 7) is 5.03. The van der Waals surface area contributed by atoms with Crippen molar-refractivity contribution in [3.8, 4) is 5.95 Å². The lowest BCUT2D eigenvalue weighted by molar-refractivity contribution is 0.201. The number of nitrogens with zero attached hydrogens (tertiary/aromatic N) is 6. The SMILES string of the molecule is CCCNc1nc(N(C)CC(C)O)nc(-n2ccnc2)n1. The molecule has 0 radical (unpaired) electrons. The monoisotopic (exact) mass is 291 g/mol. The molecule has 2 aromatic rings. The van der Waals surface area contributed by atoms with Crippen LogP contribution >= 0.6 is 0 Å². The smallest absolute Gasteiger partial charge is 0.241 e. The molecule has 2 N–H and O–H groups in total. The van der Waals surface area contributed by atoms with E-state index in [1.807, 2.05) is 7.05 Å². The summed E-state index contributed by atoms with van der Waals surface area (Å²) in [7, 11) is 1.84. The van der Waals surface area contributed by atoms with Crippen LogP contribution in [0.5, 0.6) is 0 Å². The zero-order chi connectivity index (χ0) is 15.2. The summed E-state index contributed by atoms with van der Waals surface area (Å²) in [5.41, 5.74) is 0. The van der Waals surface area contributed by atoms with Gasteiger partial charge in [-0.05, 0) is 13.3 Å². The Morgan fingerprint density at radius 3 is 2.81 bits per heavy atom. The molecule has 0 spiro atoms. The van der Waals surface area contributed by atoms with Crippen LogP contribution < -0.4 is 10.2 Å². The summed E-state index contributed by atoms with van der Waals surface area (Å²) in [6, 6.07) is 0. The molecule has 8 nitrogen and oxygen atoms in total. The molecule has 0 aliphatic carbocycles. The van der Waals surface area contributed by atoms with Gasteiger partial charge in [0.2, 0.25) is 17.8 Å². The molecule has 114 valence electrons. The van der Waals surface area contributed by atoms with Gasteiger partial charge < -0.3 is 15.3 Å². The predicted molar refractivity (Wildman–Crippen MR) is 80.7 cm³/mol. The number of likely N-dealkylation sites (N-methyl/N-ethyl adjacent to an activating group) is 1. The van der Waals surface area contributed by atoms with Crippen molar-refractivity contribution in [1.29, 1.82) is 0 Å². The van der Waals surface area contributed by atoms with Gasteiger partial charge in [0.05, 0.1) is 6.10 Å². The maximum Gasteiger partial charge on any atom is 0.241 e. The van der Waals surface area contributed by atoms with Crippen LogP contribution in [0.25, 0.3) is 5.95 Å². The Bertz CT molecular complexity index is 556. The first-order chi connectivity index (χ1) is 10.1. The molecular weight excluding hydrogens is 270 g/mol. The summed E-state index contributed by atoms with van der Waals surface area (Å²) >= 11 is 0. The standard InChI is InChI=1S/C13H21N7O/c1-4-5-15-11-16-12(19(3)8-10(2)21)18-13(17-11)20-7-6-14-9-20/h6-7,9-10,21H,4-5,8H2,1-3H3,(H,15,16,17,18). The Balaban J connectivity index is 2.32. The molecule has 0 aromatic carbocycles. The first kappa shape index (κ1) is 15.2. The number of nitrogens with one attached hydrogen (secondary N) is 1. The van der Waals surface area contributed by atoms with E-state index in [4.69, 9.17) is 0 Å². The van der Waals surface area contributed by atoms with Crippen LogP contribution in [0.1, 0.15) is 20.3 Å². The quantitative estimate of drug-likeness (QED) is 0.775. The van der Waals surface area contributed by atoms with E-state index >= 15 is 0 Å². The zero-order valence-corrected chi connectivity index (χ0v) is 12.6. The van der Waals surface area contributed by atoms with Crippen molar-refractivity contribution in [2.45, 2.75) is 26.4 Å². The highest BCUT2D eigenvalue weighted by atomic mass is 16.3. The van der Waals surface area contributed by atoms with Gasteiger partial charge in [-0.25, -0.2) is 4.98 Å². The Morgan fingerprint density at radius 1 is 1.38 bits per heavy atom. The minimum atomic E-state index is -0.462. The fourth-order valence-electron chi connectivity index (χ4n) is 1.81. The van der Waals surface area contributed by atoms with Crippen LogP contribution in [-0.2, 0) is 0 Å². The van der Waals surface area contributed by atoms with Crippen molar-refractivity contribution in [3.05, 3.63) is 18.7 Å². The van der Waals surface area contributed by atoms with Gasteiger partial charge in [0.15, 0.2) is 0 Å². The first-order valence-corrected chi connectivity index (χ1v) is 6.97. The molecule has 2 heterocycles. The molecule has 8 heteroatoms. The summed E-state index contributed by atoms with van der Waals surface area (Å²) in [5.74, 6) is 1.52. The number of imidazole rings is 1. The summed E-state index contributed by atoms with van der Waals surface area (Å²) < 4.78 is 1.72. The summed E-state index contributed by atoms with van der Waals surface area (Å²) in [6.07, 6.45) is 5.59. The largest absolute Gasteiger partial charge is 0.392 e. The van der Waals surface area contributed by atoms with Crippen LogP contribution in [0.3, 0.4) is 0 Å². The molecule has 0 aliphatic rings. The first-order valence-electron chi connectivity index (χ1n) is 6.97. The summed E-state index contributed by atoms with van der Waals surface area (Å²) in [4.78, 5) is 19.0. The number of aliphatic hydroxyl groups is 1. The van der Waals surface area contributed by atoms with E-state index in [-0.39, 0.29) is 0 Å². The van der Waals surface area contributed by atoms with Gasteiger partial charge in [0.25, 0.3) is 0 Å². The van der Waals surface area contributed by atoms with Crippen LogP contribution in [0.4, 0.5) is 11.9 Å². The Hall–Kier alpha value is -2.22. The molecule has 0 bridgehead atoms. The lowest BCUT2D eigenvalue weighted by Gasteiger charge is -2.19. The Labute approximate surface area is 123 Å². The normalized spacial score (nSPS) is 12.2. The fraction of sp³-hybridized carbons (Fsp3) is 0.538. The van der Waals surface area contributed by atoms with Crippen LogP contribution in [0, 0.1) is 0 Å². The van der Waals surface area contributed by atoms with Gasteiger partial charge in [0.1, 0.15) is 6.33 Å². The lowest BCUT2D eigenvalue weighted by Crippen LogP contribution is -2.29. The second-order valence-corrected chi connectivity index (χ2v) is 4.89. The van der Waals surface area contributed by atoms with Gasteiger partial charge in [0, 0.05) is 32.5 Å². The van der Waals surface area contributed by atoms with Crippen molar-refractivity contribution < 1.29 is 5.11 Å². The average molecular weight is 291 g/mol. The number of aromatic nitrogens is 5. The Kier molecular flexibility index (Phi) is 5.04. The number of hydrogen-bond donors (Lipinski definition) is 2. The number of hydrogen-bond acceptors (Lipinski definition) is 7. The minimum Gasteiger partial charge on any atom is -0.392 e. The van der Waals surface area contributed by atoms with Crippen molar-refractivity contribution in [2.75, 3.05) is 30.4 Å². The van der Waals surface area contributed by atoms with Gasteiger partial charge in [-0.3, -0.25) is 4.57 Å². The van der Waals surface area contributed by atoms with Crippen LogP contribution in [0.2, 0.25) is 0 Å². The van der Waals surface area contributed by atoms with Crippen LogP contribution in [-0.4, -0.2) is 55.9 Å². The second-order valence-electron chi connectivity index (χ2n) is 4.89. The minimum absolute atomic E-state index is 0.445. The van der Waals surface area contributed by atoms with E-state index in [9.17, 15) is 5.11 Å². The lowest BCUT2D eigenvalue weighted by atomic mass is 10.4. The molecule has 0 fully saturated rings. The highest BCUT2D eigenvalue weighted by molar-refractivity contribution is 5.39. The molecule has 0 saturated carbocycles. The van der Waals surface area contributed by atoms with Gasteiger partial charge in [-0.15, -0.1) is 0 Å². The van der Waals surface area contributed by atoms with E-state index in [0.29, 0.717) is 24.4 Å². The molecule has 0 saturated heterocycles. The average Bonchev–Trinajstić information content (AvgIpc) is 2.98. The molecule has 2 aromatic heterocycles. The van der Waals surface area contributed by atoms with Gasteiger partial charge in [-0.2, -0.15) is 15.0 Å². The number of aliphatic hydroxyl groups excluding tert-OH is 1. The third-order valence-corrected chi connectivity index (χ3v) is 2.76. The van der Waals surface area contributed by atoms with Crippen molar-refractivity contribution in [2.24, 2.45) is 0 Å². The van der Waals surface area contributed by atoms with Crippen LogP contribution in [0.15, 0.2) is 18.7 Å². The highest BCUT2D eigenvalue weighted by Gasteiger charge is 2.12. The van der Waals surface area contributed by atoms with E-state index in [2.05, 4.69) is 32.2 Å². The number of anilines is 2. The molecule has 2 rings (SSSR count). The van der Waals surface area contributed by atoms with E-state index in [0.717, 1.165) is 13.0 Å². The maximum absolute atomic E-state index is 9.50. The van der Waals surface area contributed by atoms with Crippen molar-refractivity contribution in [1.82, 2.24) is 24.5 Å². The molecule has 21 heavy (non-hydrogen) atoms. The molecular formula is C13H21N7O. The molecule has 0 amide bonds. The number of rotatable bonds is 7. The van der Waals surface area contributed by atoms with E-state index < -0.39 is 6.10 Å². The highest BCUT2D eigenvalue weighted by Crippen LogP contribution is 2.12. The third kappa shape index (κ3) is 4.12. The topological polar surface area (TPSA) is 92.0 Å². The van der Waals surface area contributed by atoms with Crippen molar-refractivity contribution >= 4 is 11.9 Å². The second kappa shape index (κ2) is 6.98.